The van der Waals surface area contributed by atoms with Crippen molar-refractivity contribution < 1.29 is 18.3 Å². The number of carbonyl (C=O) groups excluding carboxylic acids is 1. The van der Waals surface area contributed by atoms with E-state index in [1.807, 2.05) is 6.26 Å². The van der Waals surface area contributed by atoms with Gasteiger partial charge in [0.1, 0.15) is 6.10 Å². The first kappa shape index (κ1) is 13.7. The van der Waals surface area contributed by atoms with Gasteiger partial charge in [0.05, 0.1) is 6.42 Å². The van der Waals surface area contributed by atoms with Gasteiger partial charge in [0.25, 0.3) is 0 Å². The summed E-state index contributed by atoms with van der Waals surface area (Å²) in [4.78, 5) is 10.7. The molecule has 1 N–H and O–H groups in total. The van der Waals surface area contributed by atoms with Crippen molar-refractivity contribution in [3.8, 4) is 0 Å². The Labute approximate surface area is 98.3 Å². The molecule has 1 aliphatic heterocycles. The molecular weight excluding hydrogens is 236 g/mol. The fourth-order valence-electron chi connectivity index (χ4n) is 1.45. The fraction of sp³-hybridized carbons (Fsp3) is 0.900. The lowest BCUT2D eigenvalue weighted by Gasteiger charge is -2.11. The van der Waals surface area contributed by atoms with Gasteiger partial charge in [-0.15, -0.1) is 0 Å². The number of carbonyl (C=O) groups is 1. The minimum absolute atomic E-state index is 0.308. The zero-order valence-corrected chi connectivity index (χ0v) is 10.3. The van der Waals surface area contributed by atoms with Crippen molar-refractivity contribution in [2.45, 2.75) is 37.0 Å². The lowest BCUT2D eigenvalue weighted by atomic mass is 10.2. The van der Waals surface area contributed by atoms with Gasteiger partial charge in [-0.3, -0.25) is 0 Å². The zero-order valence-electron chi connectivity index (χ0n) is 9.46. The number of ether oxygens (including phenoxy) is 1. The van der Waals surface area contributed by atoms with Gasteiger partial charge in [-0.05, 0) is 19.2 Å². The van der Waals surface area contributed by atoms with Crippen LogP contribution in [0.5, 0.6) is 0 Å². The van der Waals surface area contributed by atoms with E-state index in [-0.39, 0.29) is 0 Å². The van der Waals surface area contributed by atoms with Crippen LogP contribution in [0.1, 0.15) is 19.8 Å². The second-order valence-corrected chi connectivity index (χ2v) is 5.25. The first-order valence-electron chi connectivity index (χ1n) is 5.28. The molecule has 0 aromatic rings. The maximum atomic E-state index is 12.8. The predicted octanol–water partition coefficient (Wildman–Crippen LogP) is 1.67. The maximum absolute atomic E-state index is 12.8. The number of rotatable bonds is 6. The van der Waals surface area contributed by atoms with E-state index in [1.165, 1.54) is 0 Å². The van der Waals surface area contributed by atoms with Gasteiger partial charge in [0.2, 0.25) is 0 Å². The Balaban J connectivity index is 2.14. The number of nitrogens with one attached hydrogen (secondary N) is 1. The Morgan fingerprint density at radius 3 is 2.88 bits per heavy atom. The van der Waals surface area contributed by atoms with Crippen molar-refractivity contribution in [3.63, 3.8) is 0 Å². The Hall–Kier alpha value is -0.360. The Morgan fingerprint density at radius 2 is 2.38 bits per heavy atom. The van der Waals surface area contributed by atoms with Gasteiger partial charge in [0, 0.05) is 11.8 Å². The number of thioether (sulfide) groups is 1. The highest BCUT2D eigenvalue weighted by molar-refractivity contribution is 7.99. The lowest BCUT2D eigenvalue weighted by molar-refractivity contribution is -0.158. The first-order valence-corrected chi connectivity index (χ1v) is 6.57. The SMILES string of the molecule is CSC(C)CCNCC1CC(F)(F)C(=O)O1. The molecule has 0 saturated carbocycles. The Bertz CT molecular complexity index is 251. The highest BCUT2D eigenvalue weighted by Gasteiger charge is 2.50. The molecule has 0 bridgehead atoms. The molecule has 0 amide bonds. The molecule has 3 nitrogen and oxygen atoms in total. The van der Waals surface area contributed by atoms with E-state index in [9.17, 15) is 13.6 Å². The van der Waals surface area contributed by atoms with Crippen LogP contribution in [0, 0.1) is 0 Å². The molecule has 1 saturated heterocycles. The Kier molecular flexibility index (Phi) is 4.98. The summed E-state index contributed by atoms with van der Waals surface area (Å²) in [6.07, 6.45) is 1.81. The minimum Gasteiger partial charge on any atom is -0.456 e. The highest BCUT2D eigenvalue weighted by Crippen LogP contribution is 2.30. The van der Waals surface area contributed by atoms with E-state index in [1.54, 1.807) is 11.8 Å². The van der Waals surface area contributed by atoms with Gasteiger partial charge < -0.3 is 10.1 Å². The van der Waals surface area contributed by atoms with Crippen LogP contribution in [-0.4, -0.2) is 42.6 Å². The highest BCUT2D eigenvalue weighted by atomic mass is 32.2. The molecule has 6 heteroatoms. The average molecular weight is 253 g/mol. The maximum Gasteiger partial charge on any atom is 0.377 e. The lowest BCUT2D eigenvalue weighted by Crippen LogP contribution is -2.28. The molecule has 0 aromatic carbocycles. The van der Waals surface area contributed by atoms with E-state index < -0.39 is 24.4 Å². The molecule has 2 unspecified atom stereocenters. The molecule has 0 aromatic heterocycles. The van der Waals surface area contributed by atoms with Crippen LogP contribution in [0.15, 0.2) is 0 Å². The summed E-state index contributed by atoms with van der Waals surface area (Å²) in [7, 11) is 0. The van der Waals surface area contributed by atoms with Crippen LogP contribution >= 0.6 is 11.8 Å². The van der Waals surface area contributed by atoms with Gasteiger partial charge in [-0.25, -0.2) is 4.79 Å². The number of esters is 1. The molecule has 1 aliphatic rings. The van der Waals surface area contributed by atoms with E-state index in [0.717, 1.165) is 13.0 Å². The zero-order chi connectivity index (χ0) is 12.2. The minimum atomic E-state index is -3.29. The monoisotopic (exact) mass is 253 g/mol. The number of alkyl halides is 2. The van der Waals surface area contributed by atoms with Crippen molar-refractivity contribution in [3.05, 3.63) is 0 Å². The van der Waals surface area contributed by atoms with E-state index >= 15 is 0 Å². The topological polar surface area (TPSA) is 38.3 Å². The van der Waals surface area contributed by atoms with E-state index in [0.29, 0.717) is 11.8 Å². The quantitative estimate of drug-likeness (QED) is 0.577. The number of halogens is 2. The van der Waals surface area contributed by atoms with Crippen molar-refractivity contribution in [1.29, 1.82) is 0 Å². The van der Waals surface area contributed by atoms with E-state index in [4.69, 9.17) is 0 Å². The van der Waals surface area contributed by atoms with Gasteiger partial charge in [0.15, 0.2) is 0 Å². The summed E-state index contributed by atoms with van der Waals surface area (Å²) in [6.45, 7) is 3.17. The molecule has 1 heterocycles. The van der Waals surface area contributed by atoms with Crippen LogP contribution in [0.25, 0.3) is 0 Å². The summed E-state index contributed by atoms with van der Waals surface area (Å²) in [6, 6.07) is 0. The smallest absolute Gasteiger partial charge is 0.377 e. The molecular formula is C10H17F2NO2S. The van der Waals surface area contributed by atoms with Gasteiger partial charge in [-0.1, -0.05) is 6.92 Å². The van der Waals surface area contributed by atoms with Crippen LogP contribution in [0.4, 0.5) is 8.78 Å². The number of hydrogen-bond donors (Lipinski definition) is 1. The summed E-state index contributed by atoms with van der Waals surface area (Å²) in [5, 5.41) is 3.57. The molecule has 1 fully saturated rings. The van der Waals surface area contributed by atoms with Gasteiger partial charge >= 0.3 is 11.9 Å². The average Bonchev–Trinajstić information content (AvgIpc) is 2.47. The largest absolute Gasteiger partial charge is 0.456 e. The van der Waals surface area contributed by atoms with Crippen LogP contribution < -0.4 is 5.32 Å². The van der Waals surface area contributed by atoms with Crippen LogP contribution in [0.2, 0.25) is 0 Å². The molecule has 0 aliphatic carbocycles. The normalized spacial score (nSPS) is 25.5. The van der Waals surface area contributed by atoms with Crippen molar-refractivity contribution in [2.24, 2.45) is 0 Å². The molecule has 94 valence electrons. The third-order valence-electron chi connectivity index (χ3n) is 2.56. The van der Waals surface area contributed by atoms with Crippen molar-refractivity contribution in [1.82, 2.24) is 5.32 Å². The standard InChI is InChI=1S/C10H17F2NO2S/c1-7(16-2)3-4-13-6-8-5-10(11,12)9(14)15-8/h7-8,13H,3-6H2,1-2H3. The Morgan fingerprint density at radius 1 is 1.69 bits per heavy atom. The van der Waals surface area contributed by atoms with Crippen molar-refractivity contribution in [2.75, 3.05) is 19.3 Å². The summed E-state index contributed by atoms with van der Waals surface area (Å²) in [5.41, 5.74) is 0. The van der Waals surface area contributed by atoms with E-state index in [2.05, 4.69) is 17.0 Å². The summed E-state index contributed by atoms with van der Waals surface area (Å²) in [5.74, 6) is -4.68. The first-order chi connectivity index (χ1) is 7.45. The molecule has 2 atom stereocenters. The van der Waals surface area contributed by atoms with Crippen LogP contribution in [-0.2, 0) is 9.53 Å². The van der Waals surface area contributed by atoms with Crippen LogP contribution in [0.3, 0.4) is 0 Å². The molecule has 16 heavy (non-hydrogen) atoms. The second kappa shape index (κ2) is 5.82. The third-order valence-corrected chi connectivity index (χ3v) is 3.60. The van der Waals surface area contributed by atoms with Gasteiger partial charge in [-0.2, -0.15) is 20.5 Å². The number of hydrogen-bond acceptors (Lipinski definition) is 4. The number of cyclic esters (lactones) is 1. The predicted molar refractivity (Wildman–Crippen MR) is 59.9 cm³/mol. The second-order valence-electron chi connectivity index (χ2n) is 3.98. The molecule has 1 rings (SSSR count). The molecule has 0 spiro atoms. The fourth-order valence-corrected chi connectivity index (χ4v) is 1.80. The third kappa shape index (κ3) is 3.90. The summed E-state index contributed by atoms with van der Waals surface area (Å²) >= 11 is 1.76. The summed E-state index contributed by atoms with van der Waals surface area (Å²) < 4.78 is 30.1. The van der Waals surface area contributed by atoms with Crippen molar-refractivity contribution >= 4 is 17.7 Å². The molecule has 0 radical (unpaired) electrons.